The molecule has 1 fully saturated rings. The lowest BCUT2D eigenvalue weighted by Crippen LogP contribution is -2.50. The van der Waals surface area contributed by atoms with Crippen LogP contribution in [0.5, 0.6) is 0 Å². The Labute approximate surface area is 158 Å². The SMILES string of the molecule is O=C(c1ccccc1)C(CCF)N1CCC(O)(c2ccc(Cl)cc2)CC1. The first kappa shape index (κ1) is 19.0. The molecule has 0 spiro atoms. The van der Waals surface area contributed by atoms with Gasteiger partial charge < -0.3 is 5.11 Å². The van der Waals surface area contributed by atoms with Crippen LogP contribution in [0.1, 0.15) is 35.2 Å². The van der Waals surface area contributed by atoms with Gasteiger partial charge in [0.15, 0.2) is 5.78 Å². The number of hydrogen-bond donors (Lipinski definition) is 1. The molecule has 2 aromatic rings. The van der Waals surface area contributed by atoms with Crippen molar-refractivity contribution in [3.63, 3.8) is 0 Å². The van der Waals surface area contributed by atoms with Crippen molar-refractivity contribution in [2.75, 3.05) is 19.8 Å². The zero-order valence-corrected chi connectivity index (χ0v) is 15.3. The van der Waals surface area contributed by atoms with E-state index in [1.807, 2.05) is 35.2 Å². The van der Waals surface area contributed by atoms with E-state index in [4.69, 9.17) is 11.6 Å². The molecule has 0 radical (unpaired) electrons. The van der Waals surface area contributed by atoms with E-state index < -0.39 is 18.3 Å². The number of alkyl halides is 1. The Kier molecular flexibility index (Phi) is 6.07. The van der Waals surface area contributed by atoms with E-state index in [0.717, 1.165) is 5.56 Å². The first-order chi connectivity index (χ1) is 12.5. The van der Waals surface area contributed by atoms with E-state index in [-0.39, 0.29) is 12.2 Å². The molecular weight excluding hydrogens is 353 g/mol. The van der Waals surface area contributed by atoms with Gasteiger partial charge in [0.05, 0.1) is 18.3 Å². The van der Waals surface area contributed by atoms with Crippen LogP contribution in [0.15, 0.2) is 54.6 Å². The lowest BCUT2D eigenvalue weighted by Gasteiger charge is -2.41. The molecule has 0 aromatic heterocycles. The monoisotopic (exact) mass is 375 g/mol. The maximum Gasteiger partial charge on any atom is 0.180 e. The molecule has 1 atom stereocenters. The summed E-state index contributed by atoms with van der Waals surface area (Å²) in [6.45, 7) is 0.548. The highest BCUT2D eigenvalue weighted by Crippen LogP contribution is 2.34. The number of hydrogen-bond acceptors (Lipinski definition) is 3. The summed E-state index contributed by atoms with van der Waals surface area (Å²) in [5.74, 6) is -0.0554. The molecule has 3 nitrogen and oxygen atoms in total. The van der Waals surface area contributed by atoms with E-state index in [9.17, 15) is 14.3 Å². The summed E-state index contributed by atoms with van der Waals surface area (Å²) in [6, 6.07) is 15.7. The lowest BCUT2D eigenvalue weighted by molar-refractivity contribution is -0.0343. The van der Waals surface area contributed by atoms with Crippen molar-refractivity contribution < 1.29 is 14.3 Å². The van der Waals surface area contributed by atoms with Crippen molar-refractivity contribution >= 4 is 17.4 Å². The number of nitrogens with zero attached hydrogens (tertiary/aromatic N) is 1. The van der Waals surface area contributed by atoms with E-state index >= 15 is 0 Å². The summed E-state index contributed by atoms with van der Waals surface area (Å²) >= 11 is 5.93. The zero-order chi connectivity index (χ0) is 18.6. The van der Waals surface area contributed by atoms with E-state index in [1.165, 1.54) is 0 Å². The number of rotatable bonds is 6. The van der Waals surface area contributed by atoms with Gasteiger partial charge in [0.1, 0.15) is 0 Å². The molecular formula is C21H23ClFNO2. The van der Waals surface area contributed by atoms with Crippen molar-refractivity contribution in [2.45, 2.75) is 30.9 Å². The Balaban J connectivity index is 1.72. The van der Waals surface area contributed by atoms with Gasteiger partial charge in [0, 0.05) is 23.7 Å². The largest absolute Gasteiger partial charge is 0.385 e. The number of halogens is 2. The molecule has 0 amide bonds. The Morgan fingerprint density at radius 1 is 1.12 bits per heavy atom. The van der Waals surface area contributed by atoms with Gasteiger partial charge in [-0.05, 0) is 37.0 Å². The fourth-order valence-electron chi connectivity index (χ4n) is 3.63. The van der Waals surface area contributed by atoms with Crippen LogP contribution in [-0.4, -0.2) is 41.6 Å². The molecule has 1 aliphatic heterocycles. The lowest BCUT2D eigenvalue weighted by atomic mass is 9.83. The minimum absolute atomic E-state index is 0.0554. The average molecular weight is 376 g/mol. The van der Waals surface area contributed by atoms with E-state index in [0.29, 0.717) is 36.5 Å². The van der Waals surface area contributed by atoms with Gasteiger partial charge in [-0.15, -0.1) is 0 Å². The number of benzene rings is 2. The first-order valence-electron chi connectivity index (χ1n) is 8.91. The van der Waals surface area contributed by atoms with Crippen LogP contribution in [-0.2, 0) is 5.60 Å². The number of likely N-dealkylation sites (tertiary alicyclic amines) is 1. The van der Waals surface area contributed by atoms with Crippen LogP contribution < -0.4 is 0 Å². The first-order valence-corrected chi connectivity index (χ1v) is 9.29. The third-order valence-corrected chi connectivity index (χ3v) is 5.44. The maximum absolute atomic E-state index is 13.1. The molecule has 5 heteroatoms. The van der Waals surface area contributed by atoms with Gasteiger partial charge >= 0.3 is 0 Å². The minimum atomic E-state index is -0.933. The standard InChI is InChI=1S/C21H23ClFNO2/c22-18-8-6-17(7-9-18)21(26)11-14-24(15-12-21)19(10-13-23)20(25)16-4-2-1-3-5-16/h1-9,19,26H,10-15H2. The maximum atomic E-state index is 13.1. The molecule has 1 saturated heterocycles. The van der Waals surface area contributed by atoms with Crippen molar-refractivity contribution in [1.29, 1.82) is 0 Å². The third kappa shape index (κ3) is 4.14. The van der Waals surface area contributed by atoms with Crippen LogP contribution in [0.3, 0.4) is 0 Å². The molecule has 0 aliphatic carbocycles. The molecule has 3 rings (SSSR count). The van der Waals surface area contributed by atoms with E-state index in [1.54, 1.807) is 24.3 Å². The van der Waals surface area contributed by atoms with E-state index in [2.05, 4.69) is 0 Å². The molecule has 1 heterocycles. The second-order valence-corrected chi connectivity index (χ2v) is 7.23. The quantitative estimate of drug-likeness (QED) is 0.768. The Morgan fingerprint density at radius 2 is 1.73 bits per heavy atom. The van der Waals surface area contributed by atoms with Crippen LogP contribution in [0, 0.1) is 0 Å². The molecule has 0 saturated carbocycles. The molecule has 138 valence electrons. The predicted molar refractivity (Wildman–Crippen MR) is 101 cm³/mol. The summed E-state index contributed by atoms with van der Waals surface area (Å²) in [4.78, 5) is 14.8. The Morgan fingerprint density at radius 3 is 2.31 bits per heavy atom. The van der Waals surface area contributed by atoms with Gasteiger partial charge in [0.25, 0.3) is 0 Å². The van der Waals surface area contributed by atoms with Crippen LogP contribution in [0.4, 0.5) is 4.39 Å². The van der Waals surface area contributed by atoms with Crippen LogP contribution in [0.25, 0.3) is 0 Å². The highest BCUT2D eigenvalue weighted by atomic mass is 35.5. The summed E-state index contributed by atoms with van der Waals surface area (Å²) in [6.07, 6.45) is 1.17. The number of aliphatic hydroxyl groups is 1. The molecule has 0 bridgehead atoms. The van der Waals surface area contributed by atoms with Gasteiger partial charge in [-0.1, -0.05) is 54.1 Å². The summed E-state index contributed by atoms with van der Waals surface area (Å²) < 4.78 is 13.1. The number of carbonyl (C=O) groups excluding carboxylic acids is 1. The van der Waals surface area contributed by atoms with Gasteiger partial charge in [-0.2, -0.15) is 0 Å². The number of carbonyl (C=O) groups is 1. The number of ketones is 1. The van der Waals surface area contributed by atoms with Crippen molar-refractivity contribution in [3.05, 3.63) is 70.7 Å². The predicted octanol–water partition coefficient (Wildman–Crippen LogP) is 4.23. The molecule has 1 unspecified atom stereocenters. The Bertz CT molecular complexity index is 727. The van der Waals surface area contributed by atoms with Gasteiger partial charge in [0.2, 0.25) is 0 Å². The topological polar surface area (TPSA) is 40.5 Å². The Hall–Kier alpha value is -1.75. The number of Topliss-reactive ketones (excluding diaryl/α,β-unsaturated/α-hetero) is 1. The summed E-state index contributed by atoms with van der Waals surface area (Å²) in [5.41, 5.74) is 0.499. The van der Waals surface area contributed by atoms with Crippen molar-refractivity contribution in [2.24, 2.45) is 0 Å². The highest BCUT2D eigenvalue weighted by molar-refractivity contribution is 6.30. The van der Waals surface area contributed by atoms with Gasteiger partial charge in [-0.25, -0.2) is 0 Å². The fraction of sp³-hybridized carbons (Fsp3) is 0.381. The summed E-state index contributed by atoms with van der Waals surface area (Å²) in [7, 11) is 0. The second-order valence-electron chi connectivity index (χ2n) is 6.80. The average Bonchev–Trinajstić information content (AvgIpc) is 2.68. The zero-order valence-electron chi connectivity index (χ0n) is 14.6. The number of piperidine rings is 1. The van der Waals surface area contributed by atoms with Crippen molar-refractivity contribution in [1.82, 2.24) is 4.90 Å². The third-order valence-electron chi connectivity index (χ3n) is 5.19. The minimum Gasteiger partial charge on any atom is -0.385 e. The van der Waals surface area contributed by atoms with Crippen molar-refractivity contribution in [3.8, 4) is 0 Å². The summed E-state index contributed by atoms with van der Waals surface area (Å²) in [5, 5.41) is 11.6. The molecule has 26 heavy (non-hydrogen) atoms. The fourth-order valence-corrected chi connectivity index (χ4v) is 3.76. The molecule has 1 N–H and O–H groups in total. The second kappa shape index (κ2) is 8.30. The smallest absolute Gasteiger partial charge is 0.180 e. The van der Waals surface area contributed by atoms with Crippen LogP contribution in [0.2, 0.25) is 5.02 Å². The highest BCUT2D eigenvalue weighted by Gasteiger charge is 2.37. The van der Waals surface area contributed by atoms with Crippen LogP contribution >= 0.6 is 11.6 Å². The molecule has 1 aliphatic rings. The molecule has 2 aromatic carbocycles. The van der Waals surface area contributed by atoms with Gasteiger partial charge in [-0.3, -0.25) is 14.1 Å². The normalized spacial score (nSPS) is 18.4.